The lowest BCUT2D eigenvalue weighted by Gasteiger charge is -1.99. The molecule has 0 spiro atoms. The fourth-order valence-electron chi connectivity index (χ4n) is 1.46. The van der Waals surface area contributed by atoms with Gasteiger partial charge in [0.05, 0.1) is 0 Å². The number of hydrogen-bond donors (Lipinski definition) is 2. The molecule has 1 heterocycles. The first-order valence-corrected chi connectivity index (χ1v) is 5.19. The van der Waals surface area contributed by atoms with E-state index < -0.39 is 0 Å². The highest BCUT2D eigenvalue weighted by molar-refractivity contribution is 5.95. The number of furan rings is 1. The van der Waals surface area contributed by atoms with E-state index in [9.17, 15) is 4.79 Å². The van der Waals surface area contributed by atoms with Crippen LogP contribution in [0.5, 0.6) is 0 Å². The van der Waals surface area contributed by atoms with Crippen molar-refractivity contribution in [2.75, 3.05) is 13.2 Å². The summed E-state index contributed by atoms with van der Waals surface area (Å²) >= 11 is 0. The van der Waals surface area contributed by atoms with Crippen molar-refractivity contribution in [1.29, 1.82) is 0 Å². The highest BCUT2D eigenvalue weighted by atomic mass is 16.3. The molecule has 0 bridgehead atoms. The number of benzene rings is 1. The van der Waals surface area contributed by atoms with Crippen LogP contribution >= 0.6 is 0 Å². The number of rotatable bonds is 4. The van der Waals surface area contributed by atoms with Gasteiger partial charge in [0.15, 0.2) is 5.76 Å². The predicted octanol–water partition coefficient (Wildman–Crippen LogP) is 1.54. The maximum Gasteiger partial charge on any atom is 0.287 e. The van der Waals surface area contributed by atoms with Gasteiger partial charge in [-0.1, -0.05) is 18.2 Å². The average molecular weight is 219 g/mol. The maximum absolute atomic E-state index is 11.6. The van der Waals surface area contributed by atoms with Gasteiger partial charge in [-0.3, -0.25) is 4.79 Å². The fourth-order valence-corrected chi connectivity index (χ4v) is 1.46. The first-order valence-electron chi connectivity index (χ1n) is 5.19. The molecule has 0 aliphatic heterocycles. The van der Waals surface area contributed by atoms with Crippen molar-refractivity contribution in [3.05, 3.63) is 36.1 Å². The first kappa shape index (κ1) is 10.7. The van der Waals surface area contributed by atoms with Gasteiger partial charge in [0, 0.05) is 18.5 Å². The zero-order valence-electron chi connectivity index (χ0n) is 8.77. The van der Waals surface area contributed by atoms with Crippen molar-refractivity contribution in [2.45, 2.75) is 6.42 Å². The summed E-state index contributed by atoms with van der Waals surface area (Å²) in [5.74, 6) is 0.0591. The summed E-state index contributed by atoms with van der Waals surface area (Å²) in [5.41, 5.74) is 0.704. The Morgan fingerprint density at radius 2 is 2.19 bits per heavy atom. The number of fused-ring (bicyclic) bond motifs is 1. The van der Waals surface area contributed by atoms with Crippen molar-refractivity contribution in [3.63, 3.8) is 0 Å². The van der Waals surface area contributed by atoms with Gasteiger partial charge in [0.25, 0.3) is 5.91 Å². The second-order valence-corrected chi connectivity index (χ2v) is 3.48. The van der Waals surface area contributed by atoms with E-state index >= 15 is 0 Å². The minimum absolute atomic E-state index is 0.0699. The topological polar surface area (TPSA) is 62.5 Å². The van der Waals surface area contributed by atoms with Crippen molar-refractivity contribution >= 4 is 16.9 Å². The Bertz CT molecular complexity index is 457. The van der Waals surface area contributed by atoms with E-state index in [1.165, 1.54) is 0 Å². The highest BCUT2D eigenvalue weighted by Crippen LogP contribution is 2.18. The van der Waals surface area contributed by atoms with Crippen LogP contribution in [0.1, 0.15) is 17.0 Å². The summed E-state index contributed by atoms with van der Waals surface area (Å²) in [5, 5.41) is 12.2. The third-order valence-electron chi connectivity index (χ3n) is 2.27. The Morgan fingerprint density at radius 1 is 1.38 bits per heavy atom. The van der Waals surface area contributed by atoms with E-state index in [-0.39, 0.29) is 12.5 Å². The second kappa shape index (κ2) is 4.81. The van der Waals surface area contributed by atoms with E-state index in [1.807, 2.05) is 24.3 Å². The van der Waals surface area contributed by atoms with Gasteiger partial charge < -0.3 is 14.8 Å². The van der Waals surface area contributed by atoms with Crippen LogP contribution in [0.2, 0.25) is 0 Å². The zero-order chi connectivity index (χ0) is 11.4. The normalized spacial score (nSPS) is 10.6. The lowest BCUT2D eigenvalue weighted by molar-refractivity contribution is 0.0925. The predicted molar refractivity (Wildman–Crippen MR) is 60.3 cm³/mol. The molecule has 0 radical (unpaired) electrons. The van der Waals surface area contributed by atoms with Crippen LogP contribution < -0.4 is 5.32 Å². The molecule has 0 fully saturated rings. The Labute approximate surface area is 92.9 Å². The Hall–Kier alpha value is -1.81. The smallest absolute Gasteiger partial charge is 0.287 e. The van der Waals surface area contributed by atoms with Crippen LogP contribution in [-0.4, -0.2) is 24.2 Å². The van der Waals surface area contributed by atoms with Gasteiger partial charge in [-0.25, -0.2) is 0 Å². The molecule has 4 nitrogen and oxygen atoms in total. The van der Waals surface area contributed by atoms with Crippen molar-refractivity contribution in [2.24, 2.45) is 0 Å². The maximum atomic E-state index is 11.6. The molecule has 2 aromatic rings. The van der Waals surface area contributed by atoms with Crippen LogP contribution in [0.15, 0.2) is 34.7 Å². The van der Waals surface area contributed by atoms with Gasteiger partial charge in [-0.2, -0.15) is 0 Å². The molecule has 0 unspecified atom stereocenters. The Kier molecular flexibility index (Phi) is 3.22. The van der Waals surface area contributed by atoms with Gasteiger partial charge in [-0.05, 0) is 18.6 Å². The molecule has 16 heavy (non-hydrogen) atoms. The van der Waals surface area contributed by atoms with E-state index in [4.69, 9.17) is 9.52 Å². The van der Waals surface area contributed by atoms with Crippen molar-refractivity contribution in [3.8, 4) is 0 Å². The number of carbonyl (C=O) groups excluding carboxylic acids is 1. The number of aliphatic hydroxyl groups is 1. The summed E-state index contributed by atoms with van der Waals surface area (Å²) in [6.07, 6.45) is 0.548. The highest BCUT2D eigenvalue weighted by Gasteiger charge is 2.10. The molecule has 0 aliphatic carbocycles. The summed E-state index contributed by atoms with van der Waals surface area (Å²) in [4.78, 5) is 11.6. The van der Waals surface area contributed by atoms with Gasteiger partial charge >= 0.3 is 0 Å². The number of nitrogens with one attached hydrogen (secondary N) is 1. The van der Waals surface area contributed by atoms with E-state index in [0.717, 1.165) is 5.39 Å². The third kappa shape index (κ3) is 2.23. The fraction of sp³-hybridized carbons (Fsp3) is 0.250. The van der Waals surface area contributed by atoms with E-state index in [2.05, 4.69) is 5.32 Å². The zero-order valence-corrected chi connectivity index (χ0v) is 8.77. The number of amides is 1. The molecule has 1 aromatic carbocycles. The molecule has 4 heteroatoms. The number of para-hydroxylation sites is 1. The molecule has 0 saturated carbocycles. The monoisotopic (exact) mass is 219 g/mol. The van der Waals surface area contributed by atoms with Crippen molar-refractivity contribution < 1.29 is 14.3 Å². The van der Waals surface area contributed by atoms with Crippen LogP contribution in [0.4, 0.5) is 0 Å². The Morgan fingerprint density at radius 3 is 2.94 bits per heavy atom. The average Bonchev–Trinajstić information content (AvgIpc) is 2.73. The molecule has 2 N–H and O–H groups in total. The molecular formula is C12H13NO3. The molecule has 0 saturated heterocycles. The number of aliphatic hydroxyl groups excluding tert-OH is 1. The minimum Gasteiger partial charge on any atom is -0.451 e. The third-order valence-corrected chi connectivity index (χ3v) is 2.27. The standard InChI is InChI=1S/C12H13NO3/c14-7-3-6-13-12(15)11-8-9-4-1-2-5-10(9)16-11/h1-2,4-5,8,14H,3,6-7H2,(H,13,15). The van der Waals surface area contributed by atoms with Crippen LogP contribution in [0.3, 0.4) is 0 Å². The quantitative estimate of drug-likeness (QED) is 0.767. The minimum atomic E-state index is -0.246. The second-order valence-electron chi connectivity index (χ2n) is 3.48. The summed E-state index contributed by atoms with van der Waals surface area (Å²) in [6, 6.07) is 9.18. The molecule has 0 atom stereocenters. The number of carbonyl (C=O) groups is 1. The SMILES string of the molecule is O=C(NCCCO)c1cc2ccccc2o1. The van der Waals surface area contributed by atoms with Gasteiger partial charge in [0.1, 0.15) is 5.58 Å². The number of hydrogen-bond acceptors (Lipinski definition) is 3. The summed E-state index contributed by atoms with van der Waals surface area (Å²) < 4.78 is 5.39. The molecule has 1 amide bonds. The van der Waals surface area contributed by atoms with Gasteiger partial charge in [-0.15, -0.1) is 0 Å². The lowest BCUT2D eigenvalue weighted by atomic mass is 10.2. The van der Waals surface area contributed by atoms with Crippen LogP contribution in [-0.2, 0) is 0 Å². The molecule has 1 aromatic heterocycles. The van der Waals surface area contributed by atoms with Gasteiger partial charge in [0.2, 0.25) is 0 Å². The summed E-state index contributed by atoms with van der Waals surface area (Å²) in [6.45, 7) is 0.521. The largest absolute Gasteiger partial charge is 0.451 e. The lowest BCUT2D eigenvalue weighted by Crippen LogP contribution is -2.24. The van der Waals surface area contributed by atoms with Crippen molar-refractivity contribution in [1.82, 2.24) is 5.32 Å². The molecule has 0 aliphatic rings. The molecular weight excluding hydrogens is 206 g/mol. The van der Waals surface area contributed by atoms with Crippen LogP contribution in [0, 0.1) is 0 Å². The molecule has 84 valence electrons. The van der Waals surface area contributed by atoms with Crippen LogP contribution in [0.25, 0.3) is 11.0 Å². The molecule has 2 rings (SSSR count). The van der Waals surface area contributed by atoms with E-state index in [0.29, 0.717) is 24.3 Å². The first-order chi connectivity index (χ1) is 7.81. The Balaban J connectivity index is 2.11. The summed E-state index contributed by atoms with van der Waals surface area (Å²) in [7, 11) is 0. The van der Waals surface area contributed by atoms with E-state index in [1.54, 1.807) is 6.07 Å².